The normalized spacial score (nSPS) is 10.6. The molecule has 106 valence electrons. The Hall–Kier alpha value is -2.33. The van der Waals surface area contributed by atoms with Gasteiger partial charge in [0.25, 0.3) is 0 Å². The van der Waals surface area contributed by atoms with Crippen molar-refractivity contribution in [3.8, 4) is 33.3 Å². The molecular formula is C17H15NO2S. The highest BCUT2D eigenvalue weighted by molar-refractivity contribution is 7.15. The maximum Gasteiger partial charge on any atom is 0.128 e. The van der Waals surface area contributed by atoms with Crippen LogP contribution in [0, 0.1) is 6.92 Å². The fourth-order valence-electron chi connectivity index (χ4n) is 2.18. The summed E-state index contributed by atoms with van der Waals surface area (Å²) in [5.74, 6) is 1.08. The number of rotatable bonds is 3. The number of hydrogen-bond donors (Lipinski definition) is 1. The molecule has 0 aliphatic heterocycles. The fraction of sp³-hybridized carbons (Fsp3) is 0.118. The summed E-state index contributed by atoms with van der Waals surface area (Å²) < 4.78 is 5.17. The average molecular weight is 297 g/mol. The van der Waals surface area contributed by atoms with E-state index in [1.165, 1.54) is 0 Å². The number of aromatic nitrogens is 1. The van der Waals surface area contributed by atoms with Gasteiger partial charge in [-0.15, -0.1) is 11.3 Å². The molecule has 21 heavy (non-hydrogen) atoms. The van der Waals surface area contributed by atoms with Crippen LogP contribution in [0.4, 0.5) is 0 Å². The summed E-state index contributed by atoms with van der Waals surface area (Å²) in [4.78, 5) is 5.81. The van der Waals surface area contributed by atoms with Crippen LogP contribution < -0.4 is 4.74 Å². The Bertz CT molecular complexity index is 763. The molecule has 2 aromatic carbocycles. The predicted octanol–water partition coefficient (Wildman–Crippen LogP) is 4.50. The number of phenolic OH excluding ortho intramolecular Hbond substituents is 1. The number of aromatic hydroxyl groups is 1. The van der Waals surface area contributed by atoms with E-state index in [2.05, 4.69) is 4.98 Å². The van der Waals surface area contributed by atoms with Crippen LogP contribution in [0.5, 0.6) is 11.5 Å². The summed E-state index contributed by atoms with van der Waals surface area (Å²) in [6.07, 6.45) is 0. The molecule has 3 nitrogen and oxygen atoms in total. The van der Waals surface area contributed by atoms with Crippen molar-refractivity contribution in [2.24, 2.45) is 0 Å². The van der Waals surface area contributed by atoms with Gasteiger partial charge >= 0.3 is 0 Å². The zero-order valence-electron chi connectivity index (χ0n) is 11.8. The zero-order valence-corrected chi connectivity index (χ0v) is 12.6. The van der Waals surface area contributed by atoms with Gasteiger partial charge in [-0.3, -0.25) is 0 Å². The monoisotopic (exact) mass is 297 g/mol. The number of para-hydroxylation sites is 1. The number of nitrogens with zero attached hydrogens (tertiary/aromatic N) is 1. The Labute approximate surface area is 127 Å². The third-order valence-electron chi connectivity index (χ3n) is 3.29. The number of phenols is 1. The van der Waals surface area contributed by atoms with Gasteiger partial charge in [0, 0.05) is 10.4 Å². The molecule has 0 spiro atoms. The third-order valence-corrected chi connectivity index (χ3v) is 4.30. The predicted molar refractivity (Wildman–Crippen MR) is 85.9 cm³/mol. The minimum absolute atomic E-state index is 0.257. The summed E-state index contributed by atoms with van der Waals surface area (Å²) in [6.45, 7) is 2.04. The molecule has 0 aliphatic carbocycles. The van der Waals surface area contributed by atoms with Crippen molar-refractivity contribution in [3.63, 3.8) is 0 Å². The van der Waals surface area contributed by atoms with Crippen LogP contribution in [-0.4, -0.2) is 17.2 Å². The van der Waals surface area contributed by atoms with Crippen molar-refractivity contribution in [3.05, 3.63) is 53.4 Å². The molecule has 0 saturated carbocycles. The number of thiazole rings is 1. The topological polar surface area (TPSA) is 42.4 Å². The standard InChI is InChI=1S/C17H15NO2S/c1-11-16(12-7-9-13(20-2)10-8-12)18-17(21-11)14-5-3-4-6-15(14)19/h3-10,19H,1-2H3. The second-order valence-corrected chi connectivity index (χ2v) is 5.87. The van der Waals surface area contributed by atoms with Crippen LogP contribution in [0.25, 0.3) is 21.8 Å². The largest absolute Gasteiger partial charge is 0.507 e. The van der Waals surface area contributed by atoms with Crippen LogP contribution >= 0.6 is 11.3 Å². The van der Waals surface area contributed by atoms with Crippen molar-refractivity contribution in [1.29, 1.82) is 0 Å². The van der Waals surface area contributed by atoms with Crippen LogP contribution in [0.15, 0.2) is 48.5 Å². The minimum Gasteiger partial charge on any atom is -0.507 e. The van der Waals surface area contributed by atoms with Crippen molar-refractivity contribution in [1.82, 2.24) is 4.98 Å². The zero-order chi connectivity index (χ0) is 14.8. The van der Waals surface area contributed by atoms with E-state index in [-0.39, 0.29) is 5.75 Å². The highest BCUT2D eigenvalue weighted by Gasteiger charge is 2.13. The Balaban J connectivity index is 2.03. The summed E-state index contributed by atoms with van der Waals surface area (Å²) in [5, 5.41) is 10.8. The molecule has 3 aromatic rings. The maximum atomic E-state index is 9.95. The molecule has 0 atom stereocenters. The summed E-state index contributed by atoms with van der Waals surface area (Å²) in [5.41, 5.74) is 2.76. The second-order valence-electron chi connectivity index (χ2n) is 4.67. The van der Waals surface area contributed by atoms with Gasteiger partial charge in [-0.2, -0.15) is 0 Å². The molecule has 0 radical (unpaired) electrons. The smallest absolute Gasteiger partial charge is 0.128 e. The number of benzene rings is 2. The van der Waals surface area contributed by atoms with Crippen LogP contribution in [0.2, 0.25) is 0 Å². The molecule has 0 unspecified atom stereocenters. The van der Waals surface area contributed by atoms with Gasteiger partial charge in [-0.05, 0) is 43.3 Å². The van der Waals surface area contributed by atoms with Crippen molar-refractivity contribution < 1.29 is 9.84 Å². The lowest BCUT2D eigenvalue weighted by Gasteiger charge is -2.02. The summed E-state index contributed by atoms with van der Waals surface area (Å²) in [7, 11) is 1.65. The van der Waals surface area contributed by atoms with Crippen molar-refractivity contribution in [2.45, 2.75) is 6.92 Å². The first kappa shape index (κ1) is 13.6. The maximum absolute atomic E-state index is 9.95. The minimum atomic E-state index is 0.257. The van der Waals surface area contributed by atoms with Gasteiger partial charge in [-0.1, -0.05) is 12.1 Å². The van der Waals surface area contributed by atoms with Gasteiger partial charge in [0.1, 0.15) is 16.5 Å². The van der Waals surface area contributed by atoms with Crippen LogP contribution in [0.1, 0.15) is 4.88 Å². The number of hydrogen-bond acceptors (Lipinski definition) is 4. The van der Waals surface area contributed by atoms with Gasteiger partial charge in [-0.25, -0.2) is 4.98 Å². The Morgan fingerprint density at radius 3 is 2.43 bits per heavy atom. The SMILES string of the molecule is COc1ccc(-c2nc(-c3ccccc3O)sc2C)cc1. The van der Waals surface area contributed by atoms with Crippen molar-refractivity contribution in [2.75, 3.05) is 7.11 Å². The first-order valence-electron chi connectivity index (χ1n) is 6.59. The highest BCUT2D eigenvalue weighted by atomic mass is 32.1. The summed E-state index contributed by atoms with van der Waals surface area (Å²) in [6, 6.07) is 15.1. The third kappa shape index (κ3) is 2.62. The number of ether oxygens (including phenoxy) is 1. The Kier molecular flexibility index (Phi) is 3.62. The molecule has 1 heterocycles. The average Bonchev–Trinajstić information content (AvgIpc) is 2.89. The molecule has 0 bridgehead atoms. The van der Waals surface area contributed by atoms with E-state index in [4.69, 9.17) is 4.74 Å². The molecule has 0 fully saturated rings. The van der Waals surface area contributed by atoms with E-state index in [9.17, 15) is 5.11 Å². The van der Waals surface area contributed by atoms with E-state index >= 15 is 0 Å². The molecule has 1 aromatic heterocycles. The molecule has 4 heteroatoms. The quantitative estimate of drug-likeness (QED) is 0.774. The second kappa shape index (κ2) is 5.58. The van der Waals surface area contributed by atoms with Gasteiger partial charge < -0.3 is 9.84 Å². The van der Waals surface area contributed by atoms with E-state index in [1.807, 2.05) is 49.4 Å². The Morgan fingerprint density at radius 1 is 1.05 bits per heavy atom. The van der Waals surface area contributed by atoms with Crippen LogP contribution in [0.3, 0.4) is 0 Å². The number of methoxy groups -OCH3 is 1. The Morgan fingerprint density at radius 2 is 1.76 bits per heavy atom. The lowest BCUT2D eigenvalue weighted by molar-refractivity contribution is 0.415. The highest BCUT2D eigenvalue weighted by Crippen LogP contribution is 2.37. The first-order valence-corrected chi connectivity index (χ1v) is 7.41. The van der Waals surface area contributed by atoms with Gasteiger partial charge in [0.05, 0.1) is 18.4 Å². The molecule has 1 N–H and O–H groups in total. The molecule has 0 amide bonds. The van der Waals surface area contributed by atoms with E-state index in [0.717, 1.165) is 32.5 Å². The van der Waals surface area contributed by atoms with Gasteiger partial charge in [0.15, 0.2) is 0 Å². The van der Waals surface area contributed by atoms with Gasteiger partial charge in [0.2, 0.25) is 0 Å². The van der Waals surface area contributed by atoms with E-state index < -0.39 is 0 Å². The first-order chi connectivity index (χ1) is 10.2. The lowest BCUT2D eigenvalue weighted by Crippen LogP contribution is -1.84. The fourth-order valence-corrected chi connectivity index (χ4v) is 3.15. The molecule has 0 saturated heterocycles. The van der Waals surface area contributed by atoms with E-state index in [1.54, 1.807) is 24.5 Å². The lowest BCUT2D eigenvalue weighted by atomic mass is 10.1. The van der Waals surface area contributed by atoms with E-state index in [0.29, 0.717) is 0 Å². The molecular weight excluding hydrogens is 282 g/mol. The molecule has 3 rings (SSSR count). The van der Waals surface area contributed by atoms with Crippen LogP contribution in [-0.2, 0) is 0 Å². The van der Waals surface area contributed by atoms with Crippen molar-refractivity contribution >= 4 is 11.3 Å². The molecule has 0 aliphatic rings. The number of aryl methyl sites for hydroxylation is 1. The summed E-state index contributed by atoms with van der Waals surface area (Å²) >= 11 is 1.58.